The summed E-state index contributed by atoms with van der Waals surface area (Å²) in [4.78, 5) is 23.7. The lowest BCUT2D eigenvalue weighted by Crippen LogP contribution is -2.50. The monoisotopic (exact) mass is 525 g/mol. The Morgan fingerprint density at radius 1 is 1.03 bits per heavy atom. The Morgan fingerprint density at radius 3 is 2.29 bits per heavy atom. The Labute approximate surface area is 215 Å². The van der Waals surface area contributed by atoms with Crippen LogP contribution in [-0.4, -0.2) is 77.6 Å². The van der Waals surface area contributed by atoms with E-state index in [4.69, 9.17) is 0 Å². The maximum atomic E-state index is 13.6. The Hall–Kier alpha value is -1.23. The molecular formula is C25H43N5O3S2. The first-order chi connectivity index (χ1) is 16.9. The number of nitrogens with zero attached hydrogens (tertiary/aromatic N) is 4. The number of amides is 2. The number of carbonyl (C=O) groups is 1. The Kier molecular flexibility index (Phi) is 9.46. The third-order valence-electron chi connectivity index (χ3n) is 8.07. The number of carbonyl (C=O) groups excluding carboxylic acids is 1. The van der Waals surface area contributed by atoms with Crippen molar-refractivity contribution >= 4 is 32.5 Å². The Balaban J connectivity index is 1.35. The zero-order valence-electron chi connectivity index (χ0n) is 21.5. The van der Waals surface area contributed by atoms with Crippen LogP contribution in [0.25, 0.3) is 0 Å². The summed E-state index contributed by atoms with van der Waals surface area (Å²) in [7, 11) is -3.11. The van der Waals surface area contributed by atoms with E-state index in [-0.39, 0.29) is 11.8 Å². The predicted octanol–water partition coefficient (Wildman–Crippen LogP) is 4.75. The zero-order chi connectivity index (χ0) is 24.8. The number of urea groups is 1. The van der Waals surface area contributed by atoms with E-state index in [1.165, 1.54) is 49.9 Å². The molecule has 3 fully saturated rings. The molecule has 3 aliphatic rings. The van der Waals surface area contributed by atoms with Crippen LogP contribution in [0.3, 0.4) is 0 Å². The minimum Gasteiger partial charge on any atom is -0.319 e. The standard InChI is InChI=1S/C25H43N5O3S2/c1-3-35(32,33)29-16-14-28(15-17-29)19-23-18-26-24(34-23)27-25(31)30(21-8-6-4-5-7-9-21)22-12-10-20(2)11-13-22/h18,20-22H,3-17,19H2,1-2H3,(H,26,27,31). The van der Waals surface area contributed by atoms with Gasteiger partial charge in [-0.1, -0.05) is 32.6 Å². The van der Waals surface area contributed by atoms with Gasteiger partial charge in [-0.15, -0.1) is 11.3 Å². The molecule has 2 amide bonds. The summed E-state index contributed by atoms with van der Waals surface area (Å²) in [5.41, 5.74) is 0. The predicted molar refractivity (Wildman–Crippen MR) is 142 cm³/mol. The van der Waals surface area contributed by atoms with Crippen LogP contribution >= 0.6 is 11.3 Å². The number of hydrogen-bond acceptors (Lipinski definition) is 6. The van der Waals surface area contributed by atoms with Gasteiger partial charge in [-0.2, -0.15) is 4.31 Å². The molecule has 0 radical (unpaired) electrons. The molecule has 2 aliphatic carbocycles. The summed E-state index contributed by atoms with van der Waals surface area (Å²) >= 11 is 1.54. The molecule has 0 spiro atoms. The third-order valence-corrected chi connectivity index (χ3v) is 10.8. The molecule has 0 aromatic carbocycles. The quantitative estimate of drug-likeness (QED) is 0.520. The molecule has 1 aromatic heterocycles. The smallest absolute Gasteiger partial charge is 0.319 e. The highest BCUT2D eigenvalue weighted by molar-refractivity contribution is 7.89. The van der Waals surface area contributed by atoms with Crippen molar-refractivity contribution in [1.29, 1.82) is 0 Å². The van der Waals surface area contributed by atoms with Crippen molar-refractivity contribution < 1.29 is 13.2 Å². The van der Waals surface area contributed by atoms with Crippen molar-refractivity contribution in [3.63, 3.8) is 0 Å². The van der Waals surface area contributed by atoms with Crippen LogP contribution in [0.2, 0.25) is 0 Å². The van der Waals surface area contributed by atoms with Crippen molar-refractivity contribution in [3.8, 4) is 0 Å². The van der Waals surface area contributed by atoms with Crippen LogP contribution in [0.15, 0.2) is 6.20 Å². The van der Waals surface area contributed by atoms with E-state index in [1.807, 2.05) is 6.20 Å². The van der Waals surface area contributed by atoms with E-state index in [1.54, 1.807) is 11.2 Å². The lowest BCUT2D eigenvalue weighted by atomic mass is 9.85. The molecule has 1 saturated heterocycles. The number of nitrogens with one attached hydrogen (secondary N) is 1. The highest BCUT2D eigenvalue weighted by atomic mass is 32.2. The first-order valence-corrected chi connectivity index (χ1v) is 16.0. The molecule has 0 bridgehead atoms. The number of rotatable bonds is 7. The molecule has 0 atom stereocenters. The molecule has 35 heavy (non-hydrogen) atoms. The van der Waals surface area contributed by atoms with Gasteiger partial charge in [0.25, 0.3) is 0 Å². The maximum absolute atomic E-state index is 13.6. The third kappa shape index (κ3) is 7.17. The van der Waals surface area contributed by atoms with Crippen LogP contribution in [-0.2, 0) is 16.6 Å². The summed E-state index contributed by atoms with van der Waals surface area (Å²) in [5, 5.41) is 3.82. The molecule has 0 unspecified atom stereocenters. The van der Waals surface area contributed by atoms with Crippen LogP contribution in [0.4, 0.5) is 9.93 Å². The largest absolute Gasteiger partial charge is 0.324 e. The Bertz CT molecular complexity index is 913. The fraction of sp³-hybridized carbons (Fsp3) is 0.840. The first kappa shape index (κ1) is 26.8. The summed E-state index contributed by atoms with van der Waals surface area (Å²) in [6, 6.07) is 0.700. The van der Waals surface area contributed by atoms with E-state index >= 15 is 0 Å². The number of thiazole rings is 1. The van der Waals surface area contributed by atoms with Crippen molar-refractivity contribution in [2.24, 2.45) is 5.92 Å². The highest BCUT2D eigenvalue weighted by Gasteiger charge is 2.33. The van der Waals surface area contributed by atoms with Gasteiger partial charge in [-0.3, -0.25) is 10.2 Å². The van der Waals surface area contributed by atoms with E-state index in [2.05, 4.69) is 27.0 Å². The first-order valence-electron chi connectivity index (χ1n) is 13.6. The van der Waals surface area contributed by atoms with Gasteiger partial charge in [-0.25, -0.2) is 18.2 Å². The van der Waals surface area contributed by atoms with Crippen molar-refractivity contribution in [3.05, 3.63) is 11.1 Å². The maximum Gasteiger partial charge on any atom is 0.324 e. The normalized spacial score (nSPS) is 25.8. The van der Waals surface area contributed by atoms with Gasteiger partial charge in [0.05, 0.1) is 5.75 Å². The van der Waals surface area contributed by atoms with Crippen LogP contribution in [0, 0.1) is 5.92 Å². The minimum atomic E-state index is -3.11. The number of piperazine rings is 1. The van der Waals surface area contributed by atoms with Gasteiger partial charge in [0.2, 0.25) is 10.0 Å². The van der Waals surface area contributed by atoms with E-state index < -0.39 is 10.0 Å². The summed E-state index contributed by atoms with van der Waals surface area (Å²) < 4.78 is 25.8. The molecule has 2 heterocycles. The highest BCUT2D eigenvalue weighted by Crippen LogP contribution is 2.33. The van der Waals surface area contributed by atoms with Crippen LogP contribution in [0.5, 0.6) is 0 Å². The second-order valence-corrected chi connectivity index (χ2v) is 14.0. The topological polar surface area (TPSA) is 85.9 Å². The molecule has 2 saturated carbocycles. The fourth-order valence-electron chi connectivity index (χ4n) is 5.85. The number of sulfonamides is 1. The number of hydrogen-bond donors (Lipinski definition) is 1. The molecule has 1 aliphatic heterocycles. The van der Waals surface area contributed by atoms with E-state index in [9.17, 15) is 13.2 Å². The van der Waals surface area contributed by atoms with Gasteiger partial charge in [0.15, 0.2) is 5.13 Å². The second-order valence-electron chi connectivity index (χ2n) is 10.6. The second kappa shape index (κ2) is 12.3. The number of anilines is 1. The molecule has 8 nitrogen and oxygen atoms in total. The van der Waals surface area contributed by atoms with Gasteiger partial charge in [-0.05, 0) is 51.4 Å². The van der Waals surface area contributed by atoms with Crippen molar-refractivity contribution in [2.75, 3.05) is 37.2 Å². The number of aromatic nitrogens is 1. The van der Waals surface area contributed by atoms with E-state index in [0.29, 0.717) is 43.4 Å². The van der Waals surface area contributed by atoms with Gasteiger partial charge < -0.3 is 4.90 Å². The molecule has 10 heteroatoms. The van der Waals surface area contributed by atoms with Gasteiger partial charge in [0.1, 0.15) is 0 Å². The van der Waals surface area contributed by atoms with Crippen molar-refractivity contribution in [1.82, 2.24) is 19.1 Å². The minimum absolute atomic E-state index is 0.0238. The molecular weight excluding hydrogens is 482 g/mol. The zero-order valence-corrected chi connectivity index (χ0v) is 23.1. The SMILES string of the molecule is CCS(=O)(=O)N1CCN(Cc2cnc(NC(=O)N(C3CCCCCC3)C3CCC(C)CC3)s2)CC1. The lowest BCUT2D eigenvalue weighted by Gasteiger charge is -2.40. The Morgan fingerprint density at radius 2 is 1.66 bits per heavy atom. The van der Waals surface area contributed by atoms with Gasteiger partial charge >= 0.3 is 6.03 Å². The molecule has 4 rings (SSSR count). The average molecular weight is 526 g/mol. The van der Waals surface area contributed by atoms with Gasteiger partial charge in [0, 0.05) is 55.9 Å². The summed E-state index contributed by atoms with van der Waals surface area (Å²) in [6.07, 6.45) is 13.7. The lowest BCUT2D eigenvalue weighted by molar-refractivity contribution is 0.116. The molecule has 1 aromatic rings. The average Bonchev–Trinajstić information content (AvgIpc) is 3.11. The van der Waals surface area contributed by atoms with Crippen LogP contribution < -0.4 is 5.32 Å². The van der Waals surface area contributed by atoms with E-state index in [0.717, 1.165) is 43.0 Å². The molecule has 198 valence electrons. The summed E-state index contributed by atoms with van der Waals surface area (Å²) in [6.45, 7) is 7.26. The fourth-order valence-corrected chi connectivity index (χ4v) is 7.78. The van der Waals surface area contributed by atoms with Crippen molar-refractivity contribution in [2.45, 2.75) is 96.7 Å². The van der Waals surface area contributed by atoms with Crippen LogP contribution in [0.1, 0.15) is 82.9 Å². The summed E-state index contributed by atoms with van der Waals surface area (Å²) in [5.74, 6) is 0.915. The molecule has 1 N–H and O–H groups in total.